The molecule has 0 saturated heterocycles. The summed E-state index contributed by atoms with van der Waals surface area (Å²) >= 11 is 3.54. The molecule has 0 spiro atoms. The summed E-state index contributed by atoms with van der Waals surface area (Å²) in [6.07, 6.45) is 0. The Morgan fingerprint density at radius 3 is 2.47 bits per heavy atom. The molecule has 2 nitrogen and oxygen atoms in total. The van der Waals surface area contributed by atoms with Gasteiger partial charge in [0.15, 0.2) is 0 Å². The molecule has 0 radical (unpaired) electrons. The van der Waals surface area contributed by atoms with Crippen molar-refractivity contribution in [3.8, 4) is 0 Å². The molecule has 1 heterocycles. The van der Waals surface area contributed by atoms with Crippen molar-refractivity contribution >= 4 is 26.9 Å². The molecular weight excluding hydrogens is 302 g/mol. The summed E-state index contributed by atoms with van der Waals surface area (Å²) in [6, 6.07) is 15.7. The Bertz CT molecular complexity index is 732. The third kappa shape index (κ3) is 2.09. The van der Waals surface area contributed by atoms with Gasteiger partial charge in [0.05, 0.1) is 6.04 Å². The van der Waals surface area contributed by atoms with Gasteiger partial charge in [-0.25, -0.2) is 0 Å². The highest BCUT2D eigenvalue weighted by atomic mass is 79.9. The van der Waals surface area contributed by atoms with Crippen LogP contribution in [0.25, 0.3) is 11.0 Å². The average molecular weight is 316 g/mol. The molecule has 19 heavy (non-hydrogen) atoms. The van der Waals surface area contributed by atoms with Crippen LogP contribution < -0.4 is 5.73 Å². The second kappa shape index (κ2) is 4.83. The van der Waals surface area contributed by atoms with Gasteiger partial charge in [-0.2, -0.15) is 0 Å². The molecule has 0 fully saturated rings. The normalized spacial score (nSPS) is 12.8. The number of para-hydroxylation sites is 1. The monoisotopic (exact) mass is 315 g/mol. The first kappa shape index (κ1) is 12.5. The first-order chi connectivity index (χ1) is 9.18. The summed E-state index contributed by atoms with van der Waals surface area (Å²) in [6.45, 7) is 2.05. The molecule has 3 rings (SSSR count). The van der Waals surface area contributed by atoms with Crippen LogP contribution in [0, 0.1) is 6.92 Å². The standard InChI is InChI=1S/C16H14BrNO/c1-10-11-6-3-5-9-14(11)19-16(10)15(18)12-7-2-4-8-13(12)17/h2-9,15H,18H2,1H3. The van der Waals surface area contributed by atoms with Crippen LogP contribution in [0.2, 0.25) is 0 Å². The zero-order chi connectivity index (χ0) is 13.4. The fraction of sp³-hybridized carbons (Fsp3) is 0.125. The predicted molar refractivity (Wildman–Crippen MR) is 81.1 cm³/mol. The van der Waals surface area contributed by atoms with Gasteiger partial charge in [0, 0.05) is 15.4 Å². The van der Waals surface area contributed by atoms with E-state index in [4.69, 9.17) is 10.2 Å². The van der Waals surface area contributed by atoms with Crippen molar-refractivity contribution in [1.82, 2.24) is 0 Å². The summed E-state index contributed by atoms with van der Waals surface area (Å²) in [5.41, 5.74) is 9.39. The third-order valence-corrected chi connectivity index (χ3v) is 4.13. The Morgan fingerprint density at radius 1 is 1.05 bits per heavy atom. The molecule has 0 saturated carbocycles. The van der Waals surface area contributed by atoms with Gasteiger partial charge in [-0.1, -0.05) is 52.3 Å². The number of benzene rings is 2. The van der Waals surface area contributed by atoms with Crippen LogP contribution in [0.15, 0.2) is 57.4 Å². The average Bonchev–Trinajstić information content (AvgIpc) is 2.77. The highest BCUT2D eigenvalue weighted by molar-refractivity contribution is 9.10. The Hall–Kier alpha value is -1.58. The van der Waals surface area contributed by atoms with Crippen molar-refractivity contribution in [3.05, 3.63) is 69.9 Å². The highest BCUT2D eigenvalue weighted by Gasteiger charge is 2.19. The lowest BCUT2D eigenvalue weighted by atomic mass is 10.0. The van der Waals surface area contributed by atoms with Crippen LogP contribution in [0.1, 0.15) is 22.9 Å². The first-order valence-electron chi connectivity index (χ1n) is 6.16. The van der Waals surface area contributed by atoms with Crippen molar-refractivity contribution in [1.29, 1.82) is 0 Å². The van der Waals surface area contributed by atoms with Gasteiger partial charge in [0.2, 0.25) is 0 Å². The van der Waals surface area contributed by atoms with Gasteiger partial charge in [0.1, 0.15) is 11.3 Å². The second-order valence-corrected chi connectivity index (χ2v) is 5.44. The molecule has 0 bridgehead atoms. The number of rotatable bonds is 2. The van der Waals surface area contributed by atoms with Crippen molar-refractivity contribution in [2.45, 2.75) is 13.0 Å². The molecule has 96 valence electrons. The molecule has 0 aliphatic carbocycles. The zero-order valence-corrected chi connectivity index (χ0v) is 12.1. The number of hydrogen-bond donors (Lipinski definition) is 1. The molecule has 0 aliphatic heterocycles. The van der Waals surface area contributed by atoms with Gasteiger partial charge in [-0.15, -0.1) is 0 Å². The lowest BCUT2D eigenvalue weighted by molar-refractivity contribution is 0.520. The van der Waals surface area contributed by atoms with E-state index in [1.165, 1.54) is 0 Å². The molecule has 3 heteroatoms. The van der Waals surface area contributed by atoms with Crippen molar-refractivity contribution in [2.75, 3.05) is 0 Å². The number of nitrogens with two attached hydrogens (primary N) is 1. The van der Waals surface area contributed by atoms with Gasteiger partial charge >= 0.3 is 0 Å². The number of furan rings is 1. The number of fused-ring (bicyclic) bond motifs is 1. The highest BCUT2D eigenvalue weighted by Crippen LogP contribution is 2.33. The summed E-state index contributed by atoms with van der Waals surface area (Å²) < 4.78 is 6.93. The fourth-order valence-electron chi connectivity index (χ4n) is 2.36. The van der Waals surface area contributed by atoms with E-state index >= 15 is 0 Å². The van der Waals surface area contributed by atoms with E-state index < -0.39 is 0 Å². The topological polar surface area (TPSA) is 39.2 Å². The minimum atomic E-state index is -0.261. The largest absolute Gasteiger partial charge is 0.459 e. The van der Waals surface area contributed by atoms with E-state index in [9.17, 15) is 0 Å². The van der Waals surface area contributed by atoms with Crippen LogP contribution in [0.5, 0.6) is 0 Å². The van der Waals surface area contributed by atoms with Crippen LogP contribution in [0.3, 0.4) is 0 Å². The van der Waals surface area contributed by atoms with Gasteiger partial charge in [0.25, 0.3) is 0 Å². The Morgan fingerprint density at radius 2 is 1.74 bits per heavy atom. The smallest absolute Gasteiger partial charge is 0.134 e. The molecule has 1 unspecified atom stereocenters. The van der Waals surface area contributed by atoms with Crippen molar-refractivity contribution in [2.24, 2.45) is 5.73 Å². The molecule has 3 aromatic rings. The van der Waals surface area contributed by atoms with Crippen molar-refractivity contribution < 1.29 is 4.42 Å². The molecule has 0 aliphatic rings. The van der Waals surface area contributed by atoms with E-state index in [0.717, 1.165) is 32.3 Å². The SMILES string of the molecule is Cc1c(C(N)c2ccccc2Br)oc2ccccc12. The minimum Gasteiger partial charge on any atom is -0.459 e. The summed E-state index contributed by atoms with van der Waals surface area (Å²) in [5, 5.41) is 1.13. The van der Waals surface area contributed by atoms with E-state index in [0.29, 0.717) is 0 Å². The van der Waals surface area contributed by atoms with Crippen LogP contribution >= 0.6 is 15.9 Å². The van der Waals surface area contributed by atoms with Gasteiger partial charge in [-0.05, 0) is 24.6 Å². The number of hydrogen-bond acceptors (Lipinski definition) is 2. The zero-order valence-electron chi connectivity index (χ0n) is 10.6. The molecule has 1 aromatic heterocycles. The fourth-order valence-corrected chi connectivity index (χ4v) is 2.89. The summed E-state index contributed by atoms with van der Waals surface area (Å²) in [4.78, 5) is 0. The number of halogens is 1. The quantitative estimate of drug-likeness (QED) is 0.753. The first-order valence-corrected chi connectivity index (χ1v) is 6.96. The molecule has 0 amide bonds. The predicted octanol–water partition coefficient (Wildman–Crippen LogP) is 4.55. The van der Waals surface area contributed by atoms with Crippen molar-refractivity contribution in [3.63, 3.8) is 0 Å². The van der Waals surface area contributed by atoms with Gasteiger partial charge in [-0.3, -0.25) is 0 Å². The molecule has 1 atom stereocenters. The molecular formula is C16H14BrNO. The lowest BCUT2D eigenvalue weighted by Crippen LogP contribution is -2.12. The van der Waals surface area contributed by atoms with E-state index in [1.54, 1.807) is 0 Å². The minimum absolute atomic E-state index is 0.261. The van der Waals surface area contributed by atoms with Crippen LogP contribution in [-0.2, 0) is 0 Å². The number of aryl methyl sites for hydroxylation is 1. The molecule has 2 N–H and O–H groups in total. The maximum Gasteiger partial charge on any atom is 0.134 e. The van der Waals surface area contributed by atoms with E-state index in [2.05, 4.69) is 28.9 Å². The van der Waals surface area contributed by atoms with Gasteiger partial charge < -0.3 is 10.2 Å². The summed E-state index contributed by atoms with van der Waals surface area (Å²) in [7, 11) is 0. The Kier molecular flexibility index (Phi) is 3.17. The van der Waals surface area contributed by atoms with Crippen LogP contribution in [-0.4, -0.2) is 0 Å². The maximum atomic E-state index is 6.36. The third-order valence-electron chi connectivity index (χ3n) is 3.40. The Labute approximate surface area is 120 Å². The van der Waals surface area contributed by atoms with E-state index in [-0.39, 0.29) is 6.04 Å². The summed E-state index contributed by atoms with van der Waals surface area (Å²) in [5.74, 6) is 0.827. The van der Waals surface area contributed by atoms with Crippen LogP contribution in [0.4, 0.5) is 0 Å². The Balaban J connectivity index is 2.14. The lowest BCUT2D eigenvalue weighted by Gasteiger charge is -2.12. The second-order valence-electron chi connectivity index (χ2n) is 4.59. The maximum absolute atomic E-state index is 6.36. The molecule has 2 aromatic carbocycles. The van der Waals surface area contributed by atoms with E-state index in [1.807, 2.05) is 42.5 Å².